The molecule has 0 N–H and O–H groups in total. The number of halogens is 4. The molecule has 1 nitrogen and oxygen atoms in total. The number of rotatable bonds is 3. The number of ketones is 1. The normalized spacial score (nSPS) is 23.1. The van der Waals surface area contributed by atoms with Gasteiger partial charge in [0.2, 0.25) is 0 Å². The quantitative estimate of drug-likeness (QED) is 0.745. The van der Waals surface area contributed by atoms with Crippen LogP contribution in [0.5, 0.6) is 0 Å². The molecule has 0 spiro atoms. The summed E-state index contributed by atoms with van der Waals surface area (Å²) in [5.41, 5.74) is 1.20. The first-order chi connectivity index (χ1) is 9.79. The molecule has 5 heteroatoms. The summed E-state index contributed by atoms with van der Waals surface area (Å²) in [5.74, 6) is -3.27. The van der Waals surface area contributed by atoms with E-state index in [1.807, 2.05) is 0 Å². The van der Waals surface area contributed by atoms with Gasteiger partial charge < -0.3 is 0 Å². The summed E-state index contributed by atoms with van der Waals surface area (Å²) < 4.78 is 52.1. The number of hydrogen-bond acceptors (Lipinski definition) is 1. The lowest BCUT2D eigenvalue weighted by atomic mass is 9.75. The number of carbonyl (C=O) groups excluding carboxylic acids is 1. The van der Waals surface area contributed by atoms with Gasteiger partial charge in [0.15, 0.2) is 0 Å². The summed E-state index contributed by atoms with van der Waals surface area (Å²) in [4.78, 5) is 12.3. The van der Waals surface area contributed by atoms with Gasteiger partial charge >= 0.3 is 6.18 Å². The van der Waals surface area contributed by atoms with Gasteiger partial charge in [-0.2, -0.15) is 13.2 Å². The maximum Gasteiger partial charge on any atom is 0.392 e. The third-order valence-corrected chi connectivity index (χ3v) is 4.27. The largest absolute Gasteiger partial charge is 0.392 e. The second-order valence-corrected chi connectivity index (χ2v) is 5.75. The zero-order valence-corrected chi connectivity index (χ0v) is 11.8. The molecule has 1 fully saturated rings. The molecule has 2 unspecified atom stereocenters. The van der Waals surface area contributed by atoms with Crippen molar-refractivity contribution in [2.45, 2.75) is 45.2 Å². The Balaban J connectivity index is 2.14. The average Bonchev–Trinajstić information content (AvgIpc) is 2.41. The van der Waals surface area contributed by atoms with Crippen molar-refractivity contribution >= 4 is 5.78 Å². The Hall–Kier alpha value is -1.39. The second-order valence-electron chi connectivity index (χ2n) is 5.75. The van der Waals surface area contributed by atoms with E-state index in [0.29, 0.717) is 30.4 Å². The van der Waals surface area contributed by atoms with Gasteiger partial charge in [-0.1, -0.05) is 18.9 Å². The number of aryl methyl sites for hydroxylation is 1. The van der Waals surface area contributed by atoms with Crippen molar-refractivity contribution in [2.24, 2.45) is 11.8 Å². The molecule has 0 saturated heterocycles. The van der Waals surface area contributed by atoms with Crippen molar-refractivity contribution in [1.29, 1.82) is 0 Å². The lowest BCUT2D eigenvalue weighted by molar-refractivity contribution is -0.197. The molecule has 1 saturated carbocycles. The van der Waals surface area contributed by atoms with Crippen LogP contribution in [-0.4, -0.2) is 12.0 Å². The molecule has 116 valence electrons. The molecule has 1 aliphatic carbocycles. The Morgan fingerprint density at radius 2 is 1.90 bits per heavy atom. The molecule has 2 rings (SSSR count). The molecular weight excluding hydrogens is 284 g/mol. The minimum atomic E-state index is -4.32. The molecule has 0 amide bonds. The smallest absolute Gasteiger partial charge is 0.299 e. The van der Waals surface area contributed by atoms with Crippen molar-refractivity contribution in [2.75, 3.05) is 0 Å². The molecular formula is C16H18F4O. The van der Waals surface area contributed by atoms with Gasteiger partial charge in [0.25, 0.3) is 0 Å². The first-order valence-corrected chi connectivity index (χ1v) is 7.13. The maximum atomic E-state index is 13.0. The fourth-order valence-electron chi connectivity index (χ4n) is 3.08. The van der Waals surface area contributed by atoms with Crippen molar-refractivity contribution in [3.05, 3.63) is 35.1 Å². The summed E-state index contributed by atoms with van der Waals surface area (Å²) in [6.45, 7) is 1.66. The van der Waals surface area contributed by atoms with Crippen LogP contribution in [0.4, 0.5) is 17.6 Å². The van der Waals surface area contributed by atoms with Gasteiger partial charge in [-0.3, -0.25) is 4.79 Å². The first-order valence-electron chi connectivity index (χ1n) is 7.13. The van der Waals surface area contributed by atoms with Gasteiger partial charge in [-0.15, -0.1) is 0 Å². The lowest BCUT2D eigenvalue weighted by Crippen LogP contribution is -2.37. The van der Waals surface area contributed by atoms with E-state index < -0.39 is 23.8 Å². The Morgan fingerprint density at radius 1 is 1.24 bits per heavy atom. The summed E-state index contributed by atoms with van der Waals surface area (Å²) in [5, 5.41) is 0. The number of Topliss-reactive ketones (excluding diaryl/α,β-unsaturated/α-hetero) is 1. The van der Waals surface area contributed by atoms with E-state index in [9.17, 15) is 22.4 Å². The number of benzene rings is 1. The Labute approximate surface area is 121 Å². The fourth-order valence-corrected chi connectivity index (χ4v) is 3.08. The van der Waals surface area contributed by atoms with E-state index in [1.54, 1.807) is 6.92 Å². The van der Waals surface area contributed by atoms with Crippen molar-refractivity contribution < 1.29 is 22.4 Å². The van der Waals surface area contributed by atoms with Crippen LogP contribution in [0, 0.1) is 24.6 Å². The van der Waals surface area contributed by atoms with Crippen LogP contribution in [0.15, 0.2) is 18.2 Å². The number of hydrogen-bond donors (Lipinski definition) is 0. The van der Waals surface area contributed by atoms with Crippen molar-refractivity contribution in [3.8, 4) is 0 Å². The molecule has 0 aromatic heterocycles. The minimum absolute atomic E-state index is 0.0301. The summed E-state index contributed by atoms with van der Waals surface area (Å²) in [6, 6.07) is 4.01. The molecule has 1 aromatic rings. The molecule has 1 aliphatic rings. The predicted octanol–water partition coefficient (Wildman–Crippen LogP) is 4.61. The van der Waals surface area contributed by atoms with E-state index in [0.717, 1.165) is 0 Å². The zero-order chi connectivity index (χ0) is 15.6. The topological polar surface area (TPSA) is 17.1 Å². The highest BCUT2D eigenvalue weighted by Crippen LogP contribution is 2.42. The molecule has 0 bridgehead atoms. The highest BCUT2D eigenvalue weighted by atomic mass is 19.4. The molecule has 0 heterocycles. The lowest BCUT2D eigenvalue weighted by Gasteiger charge is -2.32. The van der Waals surface area contributed by atoms with Gasteiger partial charge in [0.1, 0.15) is 11.6 Å². The maximum absolute atomic E-state index is 13.0. The molecule has 2 atom stereocenters. The van der Waals surface area contributed by atoms with Gasteiger partial charge in [-0.25, -0.2) is 4.39 Å². The van der Waals surface area contributed by atoms with Gasteiger partial charge in [-0.05, 0) is 43.0 Å². The number of alkyl halides is 3. The monoisotopic (exact) mass is 302 g/mol. The van der Waals surface area contributed by atoms with Crippen LogP contribution < -0.4 is 0 Å². The Kier molecular flexibility index (Phi) is 4.69. The fraction of sp³-hybridized carbons (Fsp3) is 0.562. The van der Waals surface area contributed by atoms with Crippen LogP contribution in [0.1, 0.15) is 36.8 Å². The van der Waals surface area contributed by atoms with Crippen LogP contribution in [-0.2, 0) is 11.2 Å². The standard InChI is InChI=1S/C16H18F4O/c1-10-8-12(17)7-6-11(10)9-15(21)13-4-2-3-5-14(13)16(18,19)20/h6-8,13-14H,2-5,9H2,1H3. The van der Waals surface area contributed by atoms with Crippen molar-refractivity contribution in [1.82, 2.24) is 0 Å². The van der Waals surface area contributed by atoms with Gasteiger partial charge in [0, 0.05) is 12.3 Å². The van der Waals surface area contributed by atoms with E-state index in [-0.39, 0.29) is 18.6 Å². The third-order valence-electron chi connectivity index (χ3n) is 4.27. The van der Waals surface area contributed by atoms with E-state index in [4.69, 9.17) is 0 Å². The van der Waals surface area contributed by atoms with Crippen LogP contribution in [0.3, 0.4) is 0 Å². The average molecular weight is 302 g/mol. The molecule has 21 heavy (non-hydrogen) atoms. The zero-order valence-electron chi connectivity index (χ0n) is 11.8. The van der Waals surface area contributed by atoms with Gasteiger partial charge in [0.05, 0.1) is 5.92 Å². The summed E-state index contributed by atoms with van der Waals surface area (Å²) in [6.07, 6.45) is -2.87. The summed E-state index contributed by atoms with van der Waals surface area (Å²) in [7, 11) is 0. The van der Waals surface area contributed by atoms with E-state index >= 15 is 0 Å². The highest BCUT2D eigenvalue weighted by Gasteiger charge is 2.47. The van der Waals surface area contributed by atoms with Crippen LogP contribution in [0.2, 0.25) is 0 Å². The summed E-state index contributed by atoms with van der Waals surface area (Å²) >= 11 is 0. The third kappa shape index (κ3) is 3.83. The Morgan fingerprint density at radius 3 is 2.52 bits per heavy atom. The highest BCUT2D eigenvalue weighted by molar-refractivity contribution is 5.84. The second kappa shape index (κ2) is 6.16. The number of carbonyl (C=O) groups is 1. The van der Waals surface area contributed by atoms with E-state index in [1.165, 1.54) is 18.2 Å². The van der Waals surface area contributed by atoms with E-state index in [2.05, 4.69) is 0 Å². The molecule has 0 radical (unpaired) electrons. The van der Waals surface area contributed by atoms with Crippen LogP contribution in [0.25, 0.3) is 0 Å². The Bertz CT molecular complexity index is 521. The van der Waals surface area contributed by atoms with Crippen LogP contribution >= 0.6 is 0 Å². The first kappa shape index (κ1) is 16.0. The minimum Gasteiger partial charge on any atom is -0.299 e. The molecule has 1 aromatic carbocycles. The van der Waals surface area contributed by atoms with Crippen molar-refractivity contribution in [3.63, 3.8) is 0 Å². The molecule has 0 aliphatic heterocycles. The predicted molar refractivity (Wildman–Crippen MR) is 71.4 cm³/mol. The SMILES string of the molecule is Cc1cc(F)ccc1CC(=O)C1CCCCC1C(F)(F)F.